The van der Waals surface area contributed by atoms with Crippen LogP contribution in [0.5, 0.6) is 0 Å². The highest BCUT2D eigenvalue weighted by Gasteiger charge is 2.21. The monoisotopic (exact) mass is 196 g/mol. The van der Waals surface area contributed by atoms with Crippen molar-refractivity contribution in [2.45, 2.75) is 19.4 Å². The van der Waals surface area contributed by atoms with Crippen LogP contribution in [0.3, 0.4) is 0 Å². The lowest BCUT2D eigenvalue weighted by molar-refractivity contribution is 0.364. The van der Waals surface area contributed by atoms with Crippen LogP contribution in [-0.4, -0.2) is 39.3 Å². The van der Waals surface area contributed by atoms with Gasteiger partial charge in [0, 0.05) is 19.6 Å². The Morgan fingerprint density at radius 1 is 1.57 bits per heavy atom. The second-order valence-corrected chi connectivity index (χ2v) is 3.85. The van der Waals surface area contributed by atoms with Crippen LogP contribution in [0.4, 0.5) is 5.95 Å². The van der Waals surface area contributed by atoms with Crippen LogP contribution in [-0.2, 0) is 7.05 Å². The van der Waals surface area contributed by atoms with Crippen LogP contribution < -0.4 is 10.6 Å². The average molecular weight is 196 g/mol. The van der Waals surface area contributed by atoms with Gasteiger partial charge in [-0.1, -0.05) is 12.0 Å². The normalized spacial score (nSPS) is 27.6. The molecular weight excluding hydrogens is 180 g/mol. The van der Waals surface area contributed by atoms with Gasteiger partial charge in [-0.25, -0.2) is 4.68 Å². The summed E-state index contributed by atoms with van der Waals surface area (Å²) in [5, 5.41) is 18.0. The molecule has 6 heteroatoms. The van der Waals surface area contributed by atoms with E-state index in [2.05, 4.69) is 33.1 Å². The Morgan fingerprint density at radius 2 is 2.43 bits per heavy atom. The molecular formula is C8H16N6. The number of nitrogens with zero attached hydrogens (tertiary/aromatic N) is 4. The molecule has 1 fully saturated rings. The number of nitrogens with one attached hydrogen (secondary N) is 2. The van der Waals surface area contributed by atoms with Crippen LogP contribution in [0, 0.1) is 5.92 Å². The minimum atomic E-state index is 0.424. The first kappa shape index (κ1) is 9.39. The van der Waals surface area contributed by atoms with Crippen molar-refractivity contribution in [3.63, 3.8) is 0 Å². The Hall–Kier alpha value is -1.17. The molecule has 1 aliphatic rings. The fourth-order valence-electron chi connectivity index (χ4n) is 1.70. The molecule has 0 saturated carbocycles. The van der Waals surface area contributed by atoms with Crippen molar-refractivity contribution in [1.29, 1.82) is 0 Å². The number of hydrogen-bond donors (Lipinski definition) is 2. The molecule has 0 amide bonds. The lowest BCUT2D eigenvalue weighted by Crippen LogP contribution is -2.44. The zero-order valence-corrected chi connectivity index (χ0v) is 8.56. The van der Waals surface area contributed by atoms with Gasteiger partial charge in [0.25, 0.3) is 0 Å². The number of rotatable bonds is 2. The van der Waals surface area contributed by atoms with Gasteiger partial charge in [0.15, 0.2) is 0 Å². The largest absolute Gasteiger partial charge is 0.349 e. The van der Waals surface area contributed by atoms with Gasteiger partial charge in [-0.05, 0) is 29.3 Å². The predicted octanol–water partition coefficient (Wildman–Crippen LogP) is -0.380. The number of aryl methyl sites for hydroxylation is 1. The first-order chi connectivity index (χ1) is 6.77. The topological polar surface area (TPSA) is 67.7 Å². The van der Waals surface area contributed by atoms with E-state index in [0.29, 0.717) is 12.0 Å². The van der Waals surface area contributed by atoms with Gasteiger partial charge < -0.3 is 10.6 Å². The predicted molar refractivity (Wildman–Crippen MR) is 52.9 cm³/mol. The quantitative estimate of drug-likeness (QED) is 0.675. The zero-order valence-electron chi connectivity index (χ0n) is 8.56. The second kappa shape index (κ2) is 3.91. The third kappa shape index (κ3) is 1.84. The minimum absolute atomic E-state index is 0.424. The van der Waals surface area contributed by atoms with Gasteiger partial charge in [0.2, 0.25) is 5.95 Å². The van der Waals surface area contributed by atoms with Crippen molar-refractivity contribution < 1.29 is 0 Å². The van der Waals surface area contributed by atoms with Crippen LogP contribution in [0.1, 0.15) is 13.3 Å². The number of anilines is 1. The third-order valence-electron chi connectivity index (χ3n) is 2.76. The van der Waals surface area contributed by atoms with Crippen LogP contribution in [0.2, 0.25) is 0 Å². The molecule has 2 unspecified atom stereocenters. The molecule has 78 valence electrons. The molecule has 0 aliphatic carbocycles. The van der Waals surface area contributed by atoms with Crippen molar-refractivity contribution in [3.8, 4) is 0 Å². The smallest absolute Gasteiger partial charge is 0.242 e. The highest BCUT2D eigenvalue weighted by atomic mass is 15.6. The SMILES string of the molecule is CC1CCNCC1Nc1nnnn1C. The van der Waals surface area contributed by atoms with Crippen molar-refractivity contribution in [2.75, 3.05) is 18.4 Å². The maximum Gasteiger partial charge on any atom is 0.242 e. The van der Waals surface area contributed by atoms with Crippen LogP contribution in [0.25, 0.3) is 0 Å². The molecule has 0 bridgehead atoms. The third-order valence-corrected chi connectivity index (χ3v) is 2.76. The summed E-state index contributed by atoms with van der Waals surface area (Å²) in [5.74, 6) is 1.40. The van der Waals surface area contributed by atoms with Gasteiger partial charge in [0.1, 0.15) is 0 Å². The van der Waals surface area contributed by atoms with Gasteiger partial charge in [-0.2, -0.15) is 0 Å². The Kier molecular flexibility index (Phi) is 2.62. The summed E-state index contributed by atoms with van der Waals surface area (Å²) in [7, 11) is 1.84. The molecule has 1 aromatic rings. The average Bonchev–Trinajstić information content (AvgIpc) is 2.56. The van der Waals surface area contributed by atoms with E-state index in [-0.39, 0.29) is 0 Å². The number of piperidine rings is 1. The first-order valence-corrected chi connectivity index (χ1v) is 4.97. The van der Waals surface area contributed by atoms with E-state index in [4.69, 9.17) is 0 Å². The van der Waals surface area contributed by atoms with Crippen molar-refractivity contribution in [3.05, 3.63) is 0 Å². The van der Waals surface area contributed by atoms with E-state index in [9.17, 15) is 0 Å². The molecule has 0 aromatic carbocycles. The molecule has 0 spiro atoms. The van der Waals surface area contributed by atoms with E-state index < -0.39 is 0 Å². The van der Waals surface area contributed by atoms with Gasteiger partial charge in [-0.15, -0.1) is 0 Å². The standard InChI is InChI=1S/C8H16N6/c1-6-3-4-9-5-7(6)10-8-11-12-13-14(8)2/h6-7,9H,3-5H2,1-2H3,(H,10,11,13). The second-order valence-electron chi connectivity index (χ2n) is 3.85. The summed E-state index contributed by atoms with van der Waals surface area (Å²) in [4.78, 5) is 0. The highest BCUT2D eigenvalue weighted by molar-refractivity contribution is 5.24. The molecule has 2 atom stereocenters. The summed E-state index contributed by atoms with van der Waals surface area (Å²) in [6.07, 6.45) is 1.20. The maximum absolute atomic E-state index is 3.91. The van der Waals surface area contributed by atoms with Crippen molar-refractivity contribution >= 4 is 5.95 Å². The molecule has 2 heterocycles. The van der Waals surface area contributed by atoms with E-state index >= 15 is 0 Å². The molecule has 1 aliphatic heterocycles. The summed E-state index contributed by atoms with van der Waals surface area (Å²) in [5.41, 5.74) is 0. The first-order valence-electron chi connectivity index (χ1n) is 4.97. The fourth-order valence-corrected chi connectivity index (χ4v) is 1.70. The van der Waals surface area contributed by atoms with E-state index in [0.717, 1.165) is 19.0 Å². The molecule has 2 N–H and O–H groups in total. The van der Waals surface area contributed by atoms with Crippen molar-refractivity contribution in [1.82, 2.24) is 25.5 Å². The molecule has 1 saturated heterocycles. The van der Waals surface area contributed by atoms with Gasteiger partial charge in [-0.3, -0.25) is 0 Å². The molecule has 0 radical (unpaired) electrons. The fraction of sp³-hybridized carbons (Fsp3) is 0.875. The zero-order chi connectivity index (χ0) is 9.97. The van der Waals surface area contributed by atoms with E-state index in [1.807, 2.05) is 7.05 Å². The molecule has 1 aromatic heterocycles. The van der Waals surface area contributed by atoms with Crippen LogP contribution >= 0.6 is 0 Å². The van der Waals surface area contributed by atoms with Gasteiger partial charge >= 0.3 is 0 Å². The molecule has 14 heavy (non-hydrogen) atoms. The summed E-state index contributed by atoms with van der Waals surface area (Å²) < 4.78 is 1.65. The van der Waals surface area contributed by atoms with Gasteiger partial charge in [0.05, 0.1) is 0 Å². The Morgan fingerprint density at radius 3 is 3.07 bits per heavy atom. The minimum Gasteiger partial charge on any atom is -0.349 e. The lowest BCUT2D eigenvalue weighted by Gasteiger charge is -2.30. The molecule has 2 rings (SSSR count). The number of hydrogen-bond acceptors (Lipinski definition) is 5. The van der Waals surface area contributed by atoms with Crippen LogP contribution in [0.15, 0.2) is 0 Å². The Balaban J connectivity index is 1.99. The maximum atomic E-state index is 3.91. The highest BCUT2D eigenvalue weighted by Crippen LogP contribution is 2.14. The lowest BCUT2D eigenvalue weighted by atomic mass is 9.95. The summed E-state index contributed by atoms with van der Waals surface area (Å²) in [6.45, 7) is 4.34. The molecule has 6 nitrogen and oxygen atoms in total. The van der Waals surface area contributed by atoms with Crippen molar-refractivity contribution in [2.24, 2.45) is 13.0 Å². The number of tetrazole rings is 1. The summed E-state index contributed by atoms with van der Waals surface area (Å²) in [6, 6.07) is 0.424. The van der Waals surface area contributed by atoms with E-state index in [1.165, 1.54) is 6.42 Å². The summed E-state index contributed by atoms with van der Waals surface area (Å²) >= 11 is 0. The van der Waals surface area contributed by atoms with E-state index in [1.54, 1.807) is 4.68 Å². The number of aromatic nitrogens is 4. The Bertz CT molecular complexity index is 296. The Labute approximate surface area is 83.1 Å².